The molecule has 0 saturated carbocycles. The van der Waals surface area contributed by atoms with Crippen LogP contribution < -0.4 is 10.2 Å². The van der Waals surface area contributed by atoms with Crippen LogP contribution in [-0.4, -0.2) is 36.4 Å². The summed E-state index contributed by atoms with van der Waals surface area (Å²) < 4.78 is 37.6. The lowest BCUT2D eigenvalue weighted by Crippen LogP contribution is -2.47. The standard InChI is InChI=1S/C24H26N2O6S.ClH/c1-24(2,22(23(27)26-28)31-16-18-7-6-14-25-15-18)17-33(29,30)21-12-10-20(11-13-21)32-19-8-4-3-5-9-19;/h3-15,22,28H,16-17H2,1-2H3,(H,26,27);1H/t22-;/m1./s1. The van der Waals surface area contributed by atoms with Crippen molar-refractivity contribution in [3.8, 4) is 11.5 Å². The highest BCUT2D eigenvalue weighted by Gasteiger charge is 2.40. The molecule has 2 N–H and O–H groups in total. The van der Waals surface area contributed by atoms with E-state index in [0.717, 1.165) is 0 Å². The highest BCUT2D eigenvalue weighted by atomic mass is 35.5. The number of hydrogen-bond acceptors (Lipinski definition) is 7. The number of halogens is 1. The van der Waals surface area contributed by atoms with Gasteiger partial charge in [0, 0.05) is 17.8 Å². The van der Waals surface area contributed by atoms with Gasteiger partial charge in [0.2, 0.25) is 0 Å². The molecule has 0 spiro atoms. The quantitative estimate of drug-likeness (QED) is 0.313. The maximum Gasteiger partial charge on any atom is 0.273 e. The topological polar surface area (TPSA) is 115 Å². The molecule has 0 aliphatic rings. The van der Waals surface area contributed by atoms with Gasteiger partial charge in [0.25, 0.3) is 5.91 Å². The minimum atomic E-state index is -3.79. The molecular weight excluding hydrogens is 480 g/mol. The number of ether oxygens (including phenoxy) is 2. The monoisotopic (exact) mass is 506 g/mol. The van der Waals surface area contributed by atoms with Gasteiger partial charge < -0.3 is 9.47 Å². The van der Waals surface area contributed by atoms with E-state index in [4.69, 9.17) is 9.47 Å². The van der Waals surface area contributed by atoms with Gasteiger partial charge in [0.1, 0.15) is 17.6 Å². The second kappa shape index (κ2) is 11.9. The summed E-state index contributed by atoms with van der Waals surface area (Å²) in [6.45, 7) is 3.22. The smallest absolute Gasteiger partial charge is 0.273 e. The molecule has 1 heterocycles. The van der Waals surface area contributed by atoms with E-state index in [-0.39, 0.29) is 29.7 Å². The van der Waals surface area contributed by atoms with Gasteiger partial charge in [-0.1, -0.05) is 38.1 Å². The molecule has 8 nitrogen and oxygen atoms in total. The van der Waals surface area contributed by atoms with Gasteiger partial charge in [-0.3, -0.25) is 15.0 Å². The number of carbonyl (C=O) groups is 1. The minimum Gasteiger partial charge on any atom is -0.457 e. The summed E-state index contributed by atoms with van der Waals surface area (Å²) in [5, 5.41) is 9.18. The number of carbonyl (C=O) groups excluding carboxylic acids is 1. The number of amides is 1. The van der Waals surface area contributed by atoms with Crippen molar-refractivity contribution in [1.82, 2.24) is 10.5 Å². The second-order valence-corrected chi connectivity index (χ2v) is 10.2. The summed E-state index contributed by atoms with van der Waals surface area (Å²) >= 11 is 0. The zero-order chi connectivity index (χ0) is 23.9. The van der Waals surface area contributed by atoms with Crippen LogP contribution in [0.4, 0.5) is 0 Å². The first kappa shape index (κ1) is 27.3. The molecule has 2 aromatic carbocycles. The summed E-state index contributed by atoms with van der Waals surface area (Å²) in [5.74, 6) is -0.0791. The number of para-hydroxylation sites is 1. The Labute approximate surface area is 205 Å². The molecule has 0 unspecified atom stereocenters. The van der Waals surface area contributed by atoms with Crippen molar-refractivity contribution in [2.24, 2.45) is 5.41 Å². The SMILES string of the molecule is CC(C)(CS(=O)(=O)c1ccc(Oc2ccccc2)cc1)[C@H](OCc1cccnc1)C(=O)NO.Cl. The van der Waals surface area contributed by atoms with Gasteiger partial charge in [0.15, 0.2) is 9.84 Å². The normalized spacial score (nSPS) is 12.3. The molecule has 1 atom stereocenters. The Hall–Kier alpha value is -2.98. The number of nitrogens with zero attached hydrogens (tertiary/aromatic N) is 1. The highest BCUT2D eigenvalue weighted by molar-refractivity contribution is 7.91. The molecule has 0 aliphatic heterocycles. The lowest BCUT2D eigenvalue weighted by Gasteiger charge is -2.32. The molecule has 34 heavy (non-hydrogen) atoms. The average molecular weight is 507 g/mol. The number of benzene rings is 2. The van der Waals surface area contributed by atoms with Crippen molar-refractivity contribution in [1.29, 1.82) is 0 Å². The lowest BCUT2D eigenvalue weighted by molar-refractivity contribution is -0.149. The molecule has 0 saturated heterocycles. The number of sulfone groups is 1. The number of hydrogen-bond donors (Lipinski definition) is 2. The Morgan fingerprint density at radius 3 is 2.26 bits per heavy atom. The van der Waals surface area contributed by atoms with Crippen LogP contribution in [0.3, 0.4) is 0 Å². The van der Waals surface area contributed by atoms with Crippen LogP contribution in [0.5, 0.6) is 11.5 Å². The Balaban J connectivity index is 0.00000408. The van der Waals surface area contributed by atoms with Crippen LogP contribution in [-0.2, 0) is 26.0 Å². The molecule has 3 rings (SSSR count). The van der Waals surface area contributed by atoms with E-state index in [1.807, 2.05) is 18.2 Å². The van der Waals surface area contributed by atoms with E-state index < -0.39 is 27.3 Å². The third kappa shape index (κ3) is 7.26. The Morgan fingerprint density at radius 1 is 1.03 bits per heavy atom. The fourth-order valence-corrected chi connectivity index (χ4v) is 5.21. The maximum absolute atomic E-state index is 13.1. The molecule has 3 aromatic rings. The Bertz CT molecular complexity index is 1160. The first-order valence-electron chi connectivity index (χ1n) is 10.2. The molecule has 0 bridgehead atoms. The van der Waals surface area contributed by atoms with E-state index in [0.29, 0.717) is 17.1 Å². The van der Waals surface area contributed by atoms with Crippen LogP contribution in [0.2, 0.25) is 0 Å². The number of rotatable bonds is 10. The van der Waals surface area contributed by atoms with Crippen molar-refractivity contribution in [3.05, 3.63) is 84.7 Å². The third-order valence-corrected chi connectivity index (χ3v) is 7.04. The number of aromatic nitrogens is 1. The maximum atomic E-state index is 13.1. The van der Waals surface area contributed by atoms with Crippen molar-refractivity contribution >= 4 is 28.2 Å². The van der Waals surface area contributed by atoms with Crippen LogP contribution in [0.15, 0.2) is 84.0 Å². The van der Waals surface area contributed by atoms with Crippen LogP contribution in [0.25, 0.3) is 0 Å². The minimum absolute atomic E-state index is 0. The average Bonchev–Trinajstić information content (AvgIpc) is 2.80. The van der Waals surface area contributed by atoms with Gasteiger partial charge in [-0.05, 0) is 48.0 Å². The van der Waals surface area contributed by atoms with E-state index in [1.54, 1.807) is 68.1 Å². The first-order valence-corrected chi connectivity index (χ1v) is 11.9. The molecule has 0 fully saturated rings. The van der Waals surface area contributed by atoms with Crippen LogP contribution in [0.1, 0.15) is 19.4 Å². The van der Waals surface area contributed by atoms with E-state index >= 15 is 0 Å². The van der Waals surface area contributed by atoms with E-state index in [9.17, 15) is 18.4 Å². The summed E-state index contributed by atoms with van der Waals surface area (Å²) in [6.07, 6.45) is 1.96. The Kier molecular flexibility index (Phi) is 9.57. The fourth-order valence-electron chi connectivity index (χ4n) is 3.37. The van der Waals surface area contributed by atoms with Crippen molar-refractivity contribution in [2.45, 2.75) is 31.5 Å². The predicted octanol–water partition coefficient (Wildman–Crippen LogP) is 4.19. The van der Waals surface area contributed by atoms with Gasteiger partial charge in [-0.15, -0.1) is 12.4 Å². The largest absolute Gasteiger partial charge is 0.457 e. The van der Waals surface area contributed by atoms with Crippen LogP contribution >= 0.6 is 12.4 Å². The van der Waals surface area contributed by atoms with Crippen molar-refractivity contribution in [3.63, 3.8) is 0 Å². The predicted molar refractivity (Wildman–Crippen MR) is 129 cm³/mol. The lowest BCUT2D eigenvalue weighted by atomic mass is 9.88. The Morgan fingerprint density at radius 2 is 1.68 bits per heavy atom. The first-order chi connectivity index (χ1) is 15.7. The van der Waals surface area contributed by atoms with Crippen LogP contribution in [0, 0.1) is 5.41 Å². The zero-order valence-electron chi connectivity index (χ0n) is 18.7. The van der Waals surface area contributed by atoms with Crippen molar-refractivity contribution in [2.75, 3.05) is 5.75 Å². The highest BCUT2D eigenvalue weighted by Crippen LogP contribution is 2.30. The zero-order valence-corrected chi connectivity index (χ0v) is 20.4. The second-order valence-electron chi connectivity index (χ2n) is 8.16. The van der Waals surface area contributed by atoms with Gasteiger partial charge in [-0.25, -0.2) is 13.9 Å². The van der Waals surface area contributed by atoms with Gasteiger partial charge >= 0.3 is 0 Å². The van der Waals surface area contributed by atoms with E-state index in [1.165, 1.54) is 12.1 Å². The van der Waals surface area contributed by atoms with Gasteiger partial charge in [0.05, 0.1) is 17.3 Å². The molecule has 0 radical (unpaired) electrons. The molecule has 1 aromatic heterocycles. The van der Waals surface area contributed by atoms with E-state index in [2.05, 4.69) is 4.98 Å². The number of nitrogens with one attached hydrogen (secondary N) is 1. The molecule has 1 amide bonds. The number of hydroxylamine groups is 1. The van der Waals surface area contributed by atoms with Crippen molar-refractivity contribution < 1.29 is 27.9 Å². The molecule has 0 aliphatic carbocycles. The molecule has 182 valence electrons. The third-order valence-electron chi connectivity index (χ3n) is 4.92. The molecular formula is C24H27ClN2O6S. The summed E-state index contributed by atoms with van der Waals surface area (Å²) in [4.78, 5) is 16.4. The number of pyridine rings is 1. The summed E-state index contributed by atoms with van der Waals surface area (Å²) in [5.41, 5.74) is 1.12. The van der Waals surface area contributed by atoms with Gasteiger partial charge in [-0.2, -0.15) is 0 Å². The summed E-state index contributed by atoms with van der Waals surface area (Å²) in [7, 11) is -3.79. The fraction of sp³-hybridized carbons (Fsp3) is 0.250. The molecule has 10 heteroatoms. The summed E-state index contributed by atoms with van der Waals surface area (Å²) in [6, 6.07) is 18.7.